The molecule has 0 aromatic heterocycles. The number of hydrogen-bond donors (Lipinski definition) is 1. The van der Waals surface area contributed by atoms with E-state index in [9.17, 15) is 22.4 Å². The Balaban J connectivity index is 1.83. The lowest BCUT2D eigenvalue weighted by molar-refractivity contribution is -0.148. The molecule has 2 N–H and O–H groups in total. The van der Waals surface area contributed by atoms with Gasteiger partial charge in [0.05, 0.1) is 18.1 Å². The number of carbonyl (C=O) groups excluding carboxylic acids is 2. The Kier molecular flexibility index (Phi) is 7.31. The van der Waals surface area contributed by atoms with Crippen LogP contribution in [0.4, 0.5) is 4.39 Å². The molecule has 186 valence electrons. The van der Waals surface area contributed by atoms with Crippen LogP contribution in [-0.2, 0) is 26.0 Å². The van der Waals surface area contributed by atoms with Crippen LogP contribution >= 0.6 is 34.8 Å². The summed E-state index contributed by atoms with van der Waals surface area (Å²) >= 11 is 18.0. The predicted molar refractivity (Wildman–Crippen MR) is 130 cm³/mol. The molecular weight excluding hydrogens is 542 g/mol. The Morgan fingerprint density at radius 1 is 1.00 bits per heavy atom. The highest BCUT2D eigenvalue weighted by Crippen LogP contribution is 2.35. The van der Waals surface area contributed by atoms with E-state index in [1.165, 1.54) is 18.2 Å². The zero-order valence-corrected chi connectivity index (χ0v) is 21.2. The van der Waals surface area contributed by atoms with Gasteiger partial charge < -0.3 is 10.6 Å². The minimum atomic E-state index is -4.34. The van der Waals surface area contributed by atoms with Gasteiger partial charge in [-0.05, 0) is 35.9 Å². The van der Waals surface area contributed by atoms with Gasteiger partial charge in [-0.25, -0.2) is 17.1 Å². The Hall–Kier alpha value is -2.37. The van der Waals surface area contributed by atoms with Crippen LogP contribution in [0.3, 0.4) is 0 Å². The van der Waals surface area contributed by atoms with Crippen LogP contribution in [-0.4, -0.2) is 66.2 Å². The highest BCUT2D eigenvalue weighted by molar-refractivity contribution is 7.89. The number of amides is 2. The Labute approximate surface area is 216 Å². The summed E-state index contributed by atoms with van der Waals surface area (Å²) in [5.41, 5.74) is 6.71. The van der Waals surface area contributed by atoms with E-state index in [1.54, 1.807) is 24.3 Å². The molecule has 0 saturated carbocycles. The normalized spacial score (nSPS) is 20.7. The minimum Gasteiger partial charge on any atom is -0.318 e. The molecular formula is C22H20Cl3FN4O4S. The maximum Gasteiger partial charge on any atom is 0.267 e. The highest BCUT2D eigenvalue weighted by Gasteiger charge is 2.49. The van der Waals surface area contributed by atoms with Crippen molar-refractivity contribution in [1.82, 2.24) is 14.1 Å². The Morgan fingerprint density at radius 3 is 2.29 bits per heavy atom. The second-order valence-corrected chi connectivity index (χ2v) is 11.1. The van der Waals surface area contributed by atoms with E-state index in [4.69, 9.17) is 40.5 Å². The molecule has 35 heavy (non-hydrogen) atoms. The van der Waals surface area contributed by atoms with Crippen LogP contribution in [0.15, 0.2) is 59.4 Å². The molecule has 13 heteroatoms. The van der Waals surface area contributed by atoms with Gasteiger partial charge in [0.2, 0.25) is 11.8 Å². The lowest BCUT2D eigenvalue weighted by Gasteiger charge is -2.47. The van der Waals surface area contributed by atoms with Gasteiger partial charge in [-0.2, -0.15) is 0 Å². The first-order valence-electron chi connectivity index (χ1n) is 10.4. The second kappa shape index (κ2) is 9.94. The number of fused-ring (bicyclic) bond motifs is 1. The number of hydrogen-bond acceptors (Lipinski definition) is 5. The summed E-state index contributed by atoms with van der Waals surface area (Å²) in [7, 11) is -4.34. The van der Waals surface area contributed by atoms with E-state index in [0.29, 0.717) is 10.6 Å². The molecule has 2 heterocycles. The van der Waals surface area contributed by atoms with E-state index in [0.717, 1.165) is 20.3 Å². The largest absolute Gasteiger partial charge is 0.318 e. The third kappa shape index (κ3) is 4.85. The summed E-state index contributed by atoms with van der Waals surface area (Å²) in [6.07, 6.45) is 1.19. The van der Waals surface area contributed by atoms with Crippen LogP contribution < -0.4 is 5.73 Å². The molecule has 0 radical (unpaired) electrons. The fraction of sp³-hybridized carbons (Fsp3) is 0.273. The van der Waals surface area contributed by atoms with Gasteiger partial charge in [0.15, 0.2) is 0 Å². The molecule has 4 rings (SSSR count). The van der Waals surface area contributed by atoms with Crippen LogP contribution in [0.25, 0.3) is 0 Å². The first-order valence-corrected chi connectivity index (χ1v) is 13.0. The summed E-state index contributed by atoms with van der Waals surface area (Å²) < 4.78 is 41.5. The summed E-state index contributed by atoms with van der Waals surface area (Å²) in [4.78, 5) is 28.3. The first kappa shape index (κ1) is 25.7. The zero-order chi connectivity index (χ0) is 25.5. The molecule has 2 aromatic carbocycles. The lowest BCUT2D eigenvalue weighted by Crippen LogP contribution is -2.66. The molecule has 2 aliphatic heterocycles. The van der Waals surface area contributed by atoms with Gasteiger partial charge in [0.25, 0.3) is 10.0 Å². The molecule has 0 bridgehead atoms. The fourth-order valence-corrected chi connectivity index (χ4v) is 6.37. The van der Waals surface area contributed by atoms with Crippen molar-refractivity contribution in [3.63, 3.8) is 0 Å². The van der Waals surface area contributed by atoms with Crippen molar-refractivity contribution in [2.75, 3.05) is 19.8 Å². The number of carbonyl (C=O) groups is 2. The van der Waals surface area contributed by atoms with Crippen molar-refractivity contribution < 1.29 is 22.4 Å². The van der Waals surface area contributed by atoms with Crippen LogP contribution in [0.5, 0.6) is 0 Å². The third-order valence-corrected chi connectivity index (χ3v) is 8.44. The van der Waals surface area contributed by atoms with Crippen LogP contribution in [0.2, 0.25) is 15.1 Å². The number of nitrogens with two attached hydrogens (primary N) is 1. The minimum absolute atomic E-state index is 0.0319. The van der Waals surface area contributed by atoms with Gasteiger partial charge in [0, 0.05) is 22.7 Å². The van der Waals surface area contributed by atoms with Gasteiger partial charge >= 0.3 is 0 Å². The molecule has 0 spiro atoms. The van der Waals surface area contributed by atoms with Crippen molar-refractivity contribution >= 4 is 56.6 Å². The smallest absolute Gasteiger partial charge is 0.267 e. The van der Waals surface area contributed by atoms with Gasteiger partial charge in [-0.15, -0.1) is 0 Å². The van der Waals surface area contributed by atoms with Crippen molar-refractivity contribution in [2.24, 2.45) is 5.73 Å². The predicted octanol–water partition coefficient (Wildman–Crippen LogP) is 3.03. The van der Waals surface area contributed by atoms with E-state index in [1.807, 2.05) is 0 Å². The fourth-order valence-electron chi connectivity index (χ4n) is 4.02. The molecule has 1 saturated heterocycles. The number of rotatable bonds is 6. The topological polar surface area (TPSA) is 104 Å². The average molecular weight is 562 g/mol. The van der Waals surface area contributed by atoms with Crippen molar-refractivity contribution in [1.29, 1.82) is 0 Å². The maximum atomic E-state index is 13.6. The summed E-state index contributed by atoms with van der Waals surface area (Å²) in [5.74, 6) is -1.31. The number of benzene rings is 2. The highest BCUT2D eigenvalue weighted by atomic mass is 35.5. The van der Waals surface area contributed by atoms with E-state index in [-0.39, 0.29) is 33.7 Å². The van der Waals surface area contributed by atoms with E-state index in [2.05, 4.69) is 0 Å². The van der Waals surface area contributed by atoms with E-state index < -0.39 is 47.1 Å². The standard InChI is InChI=1S/C22H20Cl3FN4O4S/c23-14-3-1-13(2-4-14)9-18-22(32)28(8-7-26)12-20-29(11-17(27)21(31)30(18)20)35(33,34)19-6-5-15(24)10-16(19)25/h1-6,10,12,17-18H,7-9,11,27H2. The van der Waals surface area contributed by atoms with Crippen molar-refractivity contribution in [3.8, 4) is 0 Å². The van der Waals surface area contributed by atoms with E-state index >= 15 is 0 Å². The molecule has 2 unspecified atom stereocenters. The van der Waals surface area contributed by atoms with Gasteiger partial charge in [-0.1, -0.05) is 46.9 Å². The third-order valence-electron chi connectivity index (χ3n) is 5.70. The van der Waals surface area contributed by atoms with Crippen molar-refractivity contribution in [3.05, 3.63) is 75.1 Å². The molecule has 0 aliphatic carbocycles. The molecule has 1 fully saturated rings. The molecule has 2 aliphatic rings. The molecule has 2 amide bonds. The summed E-state index contributed by atoms with van der Waals surface area (Å²) in [6.45, 7) is -1.58. The quantitative estimate of drug-likeness (QED) is 0.584. The molecule has 2 aromatic rings. The monoisotopic (exact) mass is 560 g/mol. The van der Waals surface area contributed by atoms with Gasteiger partial charge in [0.1, 0.15) is 29.5 Å². The van der Waals surface area contributed by atoms with Crippen LogP contribution in [0.1, 0.15) is 5.56 Å². The Morgan fingerprint density at radius 2 is 1.66 bits per heavy atom. The van der Waals surface area contributed by atoms with Crippen LogP contribution in [0, 0.1) is 0 Å². The molecule has 8 nitrogen and oxygen atoms in total. The average Bonchev–Trinajstić information content (AvgIpc) is 2.80. The number of nitrogens with zero attached hydrogens (tertiary/aromatic N) is 3. The summed E-state index contributed by atoms with van der Waals surface area (Å²) in [6, 6.07) is 8.11. The SMILES string of the molecule is NC1CN(S(=O)(=O)c2ccc(Cl)cc2Cl)C2=CN(CCF)C(=O)C(Cc3ccc(Cl)cc3)N2C1=O. The summed E-state index contributed by atoms with van der Waals surface area (Å²) in [5, 5.41) is 0.595. The van der Waals surface area contributed by atoms with Crippen molar-refractivity contribution in [2.45, 2.75) is 23.4 Å². The first-order chi connectivity index (χ1) is 16.5. The second-order valence-electron chi connectivity index (χ2n) is 7.98. The molecule has 2 atom stereocenters. The number of halogens is 4. The maximum absolute atomic E-state index is 13.6. The zero-order valence-electron chi connectivity index (χ0n) is 18.1. The number of alkyl halides is 1. The lowest BCUT2D eigenvalue weighted by atomic mass is 9.99. The number of sulfonamides is 1. The van der Waals surface area contributed by atoms with Gasteiger partial charge in [-0.3, -0.25) is 14.5 Å². The Bertz CT molecular complexity index is 1310.